The monoisotopic (exact) mass is 243 g/mol. The van der Waals surface area contributed by atoms with E-state index in [1.54, 1.807) is 7.11 Å². The zero-order chi connectivity index (χ0) is 13.3. The second-order valence-corrected chi connectivity index (χ2v) is 6.04. The predicted molar refractivity (Wildman–Crippen MR) is 67.6 cm³/mol. The maximum Gasteiger partial charge on any atom is 0.320 e. The molecule has 5 heteroatoms. The average Bonchev–Trinajstić information content (AvgIpc) is 2.09. The lowest BCUT2D eigenvalue weighted by Crippen LogP contribution is -2.67. The Bertz CT molecular complexity index is 271. The maximum absolute atomic E-state index is 12.2. The summed E-state index contributed by atoms with van der Waals surface area (Å²) in [6.07, 6.45) is 1.63. The Kier molecular flexibility index (Phi) is 4.04. The third-order valence-corrected chi connectivity index (χ3v) is 3.30. The number of urea groups is 1. The molecule has 1 aliphatic rings. The van der Waals surface area contributed by atoms with E-state index < -0.39 is 0 Å². The van der Waals surface area contributed by atoms with Crippen LogP contribution in [0.15, 0.2) is 0 Å². The Morgan fingerprint density at radius 1 is 1.35 bits per heavy atom. The Morgan fingerprint density at radius 3 is 2.24 bits per heavy atom. The fourth-order valence-corrected chi connectivity index (χ4v) is 3.12. The second kappa shape index (κ2) is 4.82. The number of likely N-dealkylation sites (tertiary alicyclic amines) is 1. The van der Waals surface area contributed by atoms with Crippen LogP contribution in [-0.4, -0.2) is 41.9 Å². The Labute approximate surface area is 104 Å². The van der Waals surface area contributed by atoms with Crippen molar-refractivity contribution in [2.24, 2.45) is 5.73 Å². The van der Waals surface area contributed by atoms with Crippen LogP contribution >= 0.6 is 0 Å². The lowest BCUT2D eigenvalue weighted by molar-refractivity contribution is -0.0000507. The number of amides is 2. The van der Waals surface area contributed by atoms with Crippen LogP contribution in [0.4, 0.5) is 4.79 Å². The standard InChI is InChI=1S/C12H25N3O2/c1-11(2)6-9(13)7-12(3,4)15(11)10(16)14-8-17-5/h9H,6-8,13H2,1-5H3,(H,14,16). The van der Waals surface area contributed by atoms with Crippen LogP contribution in [0.5, 0.6) is 0 Å². The van der Waals surface area contributed by atoms with E-state index in [9.17, 15) is 4.79 Å². The van der Waals surface area contributed by atoms with Gasteiger partial charge in [-0.05, 0) is 40.5 Å². The number of nitrogens with zero attached hydrogens (tertiary/aromatic N) is 1. The number of ether oxygens (including phenoxy) is 1. The molecule has 0 saturated carbocycles. The molecule has 0 aromatic carbocycles. The molecule has 17 heavy (non-hydrogen) atoms. The fraction of sp³-hybridized carbons (Fsp3) is 0.917. The molecule has 0 unspecified atom stereocenters. The highest BCUT2D eigenvalue weighted by Gasteiger charge is 2.46. The smallest absolute Gasteiger partial charge is 0.320 e. The Hall–Kier alpha value is -0.810. The summed E-state index contributed by atoms with van der Waals surface area (Å²) in [5.74, 6) is 0. The van der Waals surface area contributed by atoms with Gasteiger partial charge in [0, 0.05) is 24.2 Å². The molecule has 0 spiro atoms. The van der Waals surface area contributed by atoms with Crippen molar-refractivity contribution >= 4 is 6.03 Å². The quantitative estimate of drug-likeness (QED) is 0.718. The zero-order valence-corrected chi connectivity index (χ0v) is 11.5. The number of rotatable bonds is 2. The van der Waals surface area contributed by atoms with Crippen LogP contribution in [0.2, 0.25) is 0 Å². The zero-order valence-electron chi connectivity index (χ0n) is 11.5. The highest BCUT2D eigenvalue weighted by Crippen LogP contribution is 2.37. The topological polar surface area (TPSA) is 67.6 Å². The van der Waals surface area contributed by atoms with Crippen molar-refractivity contribution in [3.8, 4) is 0 Å². The van der Waals surface area contributed by atoms with Crippen molar-refractivity contribution in [1.29, 1.82) is 0 Å². The van der Waals surface area contributed by atoms with E-state index in [-0.39, 0.29) is 29.9 Å². The summed E-state index contributed by atoms with van der Waals surface area (Å²) < 4.78 is 4.88. The van der Waals surface area contributed by atoms with Gasteiger partial charge in [-0.15, -0.1) is 0 Å². The van der Waals surface area contributed by atoms with Crippen molar-refractivity contribution in [1.82, 2.24) is 10.2 Å². The van der Waals surface area contributed by atoms with Crippen LogP contribution < -0.4 is 11.1 Å². The molecular formula is C12H25N3O2. The third kappa shape index (κ3) is 3.10. The van der Waals surface area contributed by atoms with E-state index >= 15 is 0 Å². The molecule has 2 amide bonds. The van der Waals surface area contributed by atoms with Crippen molar-refractivity contribution < 1.29 is 9.53 Å². The number of nitrogens with one attached hydrogen (secondary N) is 1. The predicted octanol–water partition coefficient (Wildman–Crippen LogP) is 1.28. The number of methoxy groups -OCH3 is 1. The van der Waals surface area contributed by atoms with Gasteiger partial charge >= 0.3 is 6.03 Å². The van der Waals surface area contributed by atoms with E-state index in [2.05, 4.69) is 33.0 Å². The van der Waals surface area contributed by atoms with E-state index in [0.29, 0.717) is 0 Å². The molecule has 5 nitrogen and oxygen atoms in total. The molecule has 0 aliphatic carbocycles. The van der Waals surface area contributed by atoms with Gasteiger partial charge in [-0.25, -0.2) is 4.79 Å². The molecule has 1 rings (SSSR count). The van der Waals surface area contributed by atoms with Gasteiger partial charge in [0.1, 0.15) is 6.73 Å². The SMILES string of the molecule is COCNC(=O)N1C(C)(C)CC(N)CC1(C)C. The minimum absolute atomic E-state index is 0.0891. The largest absolute Gasteiger partial charge is 0.364 e. The number of nitrogens with two attached hydrogens (primary N) is 1. The molecular weight excluding hydrogens is 218 g/mol. The van der Waals surface area contributed by atoms with Gasteiger partial charge in [-0.1, -0.05) is 0 Å². The number of hydrogen-bond donors (Lipinski definition) is 2. The molecule has 0 aromatic rings. The van der Waals surface area contributed by atoms with Crippen molar-refractivity contribution in [2.45, 2.75) is 57.7 Å². The summed E-state index contributed by atoms with van der Waals surface area (Å²) in [5, 5.41) is 2.75. The molecule has 1 aliphatic heterocycles. The summed E-state index contributed by atoms with van der Waals surface area (Å²) in [5.41, 5.74) is 5.59. The average molecular weight is 243 g/mol. The molecule has 1 fully saturated rings. The fourth-order valence-electron chi connectivity index (χ4n) is 3.12. The van der Waals surface area contributed by atoms with E-state index in [1.807, 2.05) is 4.90 Å². The van der Waals surface area contributed by atoms with Gasteiger partial charge in [0.15, 0.2) is 0 Å². The van der Waals surface area contributed by atoms with Crippen molar-refractivity contribution in [2.75, 3.05) is 13.8 Å². The first-order valence-corrected chi connectivity index (χ1v) is 6.03. The molecule has 0 radical (unpaired) electrons. The van der Waals surface area contributed by atoms with Gasteiger partial charge in [0.25, 0.3) is 0 Å². The molecule has 100 valence electrons. The van der Waals surface area contributed by atoms with Crippen LogP contribution in [-0.2, 0) is 4.74 Å². The molecule has 0 atom stereocenters. The van der Waals surface area contributed by atoms with E-state index in [0.717, 1.165) is 12.8 Å². The third-order valence-electron chi connectivity index (χ3n) is 3.30. The highest BCUT2D eigenvalue weighted by molar-refractivity contribution is 5.76. The van der Waals surface area contributed by atoms with Crippen LogP contribution in [0.25, 0.3) is 0 Å². The lowest BCUT2D eigenvalue weighted by atomic mass is 9.77. The number of carbonyl (C=O) groups excluding carboxylic acids is 1. The van der Waals surface area contributed by atoms with Crippen LogP contribution in [0.3, 0.4) is 0 Å². The van der Waals surface area contributed by atoms with E-state index in [1.165, 1.54) is 0 Å². The number of piperidine rings is 1. The summed E-state index contributed by atoms with van der Waals surface area (Å²) in [4.78, 5) is 14.1. The summed E-state index contributed by atoms with van der Waals surface area (Å²) in [6, 6.07) is 0.0558. The van der Waals surface area contributed by atoms with Gasteiger partial charge in [0.05, 0.1) is 0 Å². The number of carbonyl (C=O) groups is 1. The minimum Gasteiger partial charge on any atom is -0.364 e. The van der Waals surface area contributed by atoms with Crippen LogP contribution in [0, 0.1) is 0 Å². The Morgan fingerprint density at radius 2 is 1.82 bits per heavy atom. The molecule has 3 N–H and O–H groups in total. The first kappa shape index (κ1) is 14.3. The summed E-state index contributed by atoms with van der Waals surface area (Å²) in [7, 11) is 1.56. The first-order valence-electron chi connectivity index (χ1n) is 6.03. The van der Waals surface area contributed by atoms with Gasteiger partial charge in [0.2, 0.25) is 0 Å². The van der Waals surface area contributed by atoms with Gasteiger partial charge < -0.3 is 20.7 Å². The minimum atomic E-state index is -0.237. The molecule has 1 heterocycles. The maximum atomic E-state index is 12.2. The first-order chi connectivity index (χ1) is 7.70. The van der Waals surface area contributed by atoms with Crippen molar-refractivity contribution in [3.05, 3.63) is 0 Å². The summed E-state index contributed by atoms with van der Waals surface area (Å²) >= 11 is 0. The second-order valence-electron chi connectivity index (χ2n) is 6.04. The van der Waals surface area contributed by atoms with Crippen molar-refractivity contribution in [3.63, 3.8) is 0 Å². The number of hydrogen-bond acceptors (Lipinski definition) is 3. The Balaban J connectivity index is 2.88. The van der Waals surface area contributed by atoms with Gasteiger partial charge in [-0.3, -0.25) is 0 Å². The molecule has 0 bridgehead atoms. The van der Waals surface area contributed by atoms with Crippen LogP contribution in [0.1, 0.15) is 40.5 Å². The van der Waals surface area contributed by atoms with Gasteiger partial charge in [-0.2, -0.15) is 0 Å². The molecule has 0 aromatic heterocycles. The van der Waals surface area contributed by atoms with E-state index in [4.69, 9.17) is 10.5 Å². The molecule has 1 saturated heterocycles. The highest BCUT2D eigenvalue weighted by atomic mass is 16.5. The normalized spacial score (nSPS) is 23.5. The lowest BCUT2D eigenvalue weighted by Gasteiger charge is -2.54. The summed E-state index contributed by atoms with van der Waals surface area (Å²) in [6.45, 7) is 8.45.